The molecular weight excluding hydrogens is 511 g/mol. The monoisotopic (exact) mass is 560 g/mol. The van der Waals surface area contributed by atoms with Gasteiger partial charge in [0.1, 0.15) is 5.82 Å². The van der Waals surface area contributed by atoms with Crippen molar-refractivity contribution in [1.29, 1.82) is 0 Å². The predicted octanol–water partition coefficient (Wildman–Crippen LogP) is 8.87. The van der Waals surface area contributed by atoms with Crippen LogP contribution in [0, 0.1) is 5.82 Å². The molecule has 1 aromatic heterocycles. The maximum Gasteiger partial charge on any atom is 0.220 e. The summed E-state index contributed by atoms with van der Waals surface area (Å²) in [5.41, 5.74) is 6.30. The lowest BCUT2D eigenvalue weighted by Crippen LogP contribution is -2.18. The molecule has 3 aromatic rings. The predicted molar refractivity (Wildman–Crippen MR) is 174 cm³/mol. The lowest BCUT2D eigenvalue weighted by Gasteiger charge is -2.19. The molecule has 3 rings (SSSR count). The highest BCUT2D eigenvalue weighted by Crippen LogP contribution is 2.42. The number of hydrogen-bond acceptors (Lipinski definition) is 2. The van der Waals surface area contributed by atoms with Crippen LogP contribution in [0.1, 0.15) is 70.6 Å². The molecule has 0 saturated heterocycles. The molecule has 0 bridgehead atoms. The van der Waals surface area contributed by atoms with Gasteiger partial charge in [0.15, 0.2) is 0 Å². The summed E-state index contributed by atoms with van der Waals surface area (Å²) in [6.07, 6.45) is 8.01. The van der Waals surface area contributed by atoms with Crippen molar-refractivity contribution in [1.82, 2.24) is 9.88 Å². The minimum Gasteiger partial charge on any atom is -0.393 e. The van der Waals surface area contributed by atoms with Gasteiger partial charge in [-0.3, -0.25) is 4.79 Å². The quantitative estimate of drug-likeness (QED) is 0.217. The molecule has 2 aromatic carbocycles. The Labute approximate surface area is 247 Å². The molecule has 0 saturated carbocycles. The van der Waals surface area contributed by atoms with E-state index in [-0.39, 0.29) is 17.6 Å². The zero-order valence-electron chi connectivity index (χ0n) is 25.6. The van der Waals surface area contributed by atoms with Crippen molar-refractivity contribution >= 4 is 5.91 Å². The fourth-order valence-corrected chi connectivity index (χ4v) is 4.61. The first-order valence-corrected chi connectivity index (χ1v) is 14.4. The Hall–Kier alpha value is -3.70. The van der Waals surface area contributed by atoms with Gasteiger partial charge in [-0.15, -0.1) is 19.7 Å². The van der Waals surface area contributed by atoms with Crippen molar-refractivity contribution < 1.29 is 14.3 Å². The largest absolute Gasteiger partial charge is 0.393 e. The molecule has 0 radical (unpaired) electrons. The molecule has 2 N–H and O–H groups in total. The average Bonchev–Trinajstić information content (AvgIpc) is 3.30. The summed E-state index contributed by atoms with van der Waals surface area (Å²) in [5.74, 6) is -0.104. The first-order valence-electron chi connectivity index (χ1n) is 14.4. The van der Waals surface area contributed by atoms with Crippen LogP contribution in [0.15, 0.2) is 92.6 Å². The number of allylic oxidation sites excluding steroid dienone is 2. The van der Waals surface area contributed by atoms with Crippen LogP contribution in [0.5, 0.6) is 0 Å². The highest BCUT2D eigenvalue weighted by atomic mass is 19.1. The van der Waals surface area contributed by atoms with Crippen LogP contribution in [0.2, 0.25) is 0 Å². The van der Waals surface area contributed by atoms with E-state index in [1.807, 2.05) is 31.2 Å². The highest BCUT2D eigenvalue weighted by Gasteiger charge is 2.27. The van der Waals surface area contributed by atoms with Crippen molar-refractivity contribution in [3.05, 3.63) is 110 Å². The number of aliphatic hydroxyl groups is 1. The second kappa shape index (κ2) is 19.4. The number of nitrogens with one attached hydrogen (secondary N) is 1. The number of benzene rings is 2. The number of aromatic nitrogens is 1. The third-order valence-corrected chi connectivity index (χ3v) is 6.43. The molecule has 1 amide bonds. The number of halogens is 1. The highest BCUT2D eigenvalue weighted by molar-refractivity contribution is 5.86. The number of aliphatic hydroxyl groups excluding tert-OH is 1. The van der Waals surface area contributed by atoms with Gasteiger partial charge in [-0.2, -0.15) is 0 Å². The molecule has 222 valence electrons. The normalized spacial score (nSPS) is 10.9. The molecule has 1 heterocycles. The number of carbonyl (C=O) groups excluding carboxylic acids is 1. The van der Waals surface area contributed by atoms with Crippen LogP contribution >= 0.6 is 0 Å². The number of nitrogens with zero attached hydrogens (tertiary/aromatic N) is 1. The van der Waals surface area contributed by atoms with Crippen molar-refractivity contribution in [2.75, 3.05) is 7.05 Å². The molecule has 0 aliphatic rings. The van der Waals surface area contributed by atoms with E-state index in [9.17, 15) is 14.3 Å². The molecule has 4 nitrogen and oxygen atoms in total. The molecule has 0 aliphatic heterocycles. The van der Waals surface area contributed by atoms with E-state index in [0.717, 1.165) is 40.1 Å². The summed E-state index contributed by atoms with van der Waals surface area (Å²) >= 11 is 0. The van der Waals surface area contributed by atoms with Gasteiger partial charge < -0.3 is 15.0 Å². The van der Waals surface area contributed by atoms with Crippen LogP contribution in [0.4, 0.5) is 4.39 Å². The van der Waals surface area contributed by atoms with Gasteiger partial charge in [-0.25, -0.2) is 4.39 Å². The van der Waals surface area contributed by atoms with Gasteiger partial charge in [0.05, 0.1) is 11.8 Å². The van der Waals surface area contributed by atoms with Crippen LogP contribution in [-0.2, 0) is 17.8 Å². The third-order valence-electron chi connectivity index (χ3n) is 6.43. The van der Waals surface area contributed by atoms with Crippen molar-refractivity contribution in [2.45, 2.75) is 78.4 Å². The second-order valence-electron chi connectivity index (χ2n) is 10.0. The van der Waals surface area contributed by atoms with Crippen LogP contribution in [0.3, 0.4) is 0 Å². The standard InChI is InChI=1S/C29H35FN2O2.C4H8.C3H6/c1-5-9-24(33)18-19-32-28(20(2)3)25(16-17-26(34)31-4)27(21-10-7-6-8-11-21)29(32)22-12-14-23(30)15-13-22;1-3-4-2;1-3-2/h5-8,10-15,20,24,33H,1,9,16-19H2,2-4H3,(H,31,34);3H,1,4H2,2H3;3H,1H2,2H3/t24-;;/m0../s1. The van der Waals surface area contributed by atoms with Crippen molar-refractivity contribution in [3.63, 3.8) is 0 Å². The van der Waals surface area contributed by atoms with E-state index in [1.165, 1.54) is 12.1 Å². The summed E-state index contributed by atoms with van der Waals surface area (Å²) in [6.45, 7) is 19.4. The van der Waals surface area contributed by atoms with Gasteiger partial charge in [0, 0.05) is 31.3 Å². The first kappa shape index (κ1) is 35.3. The topological polar surface area (TPSA) is 54.3 Å². The van der Waals surface area contributed by atoms with Gasteiger partial charge in [0.25, 0.3) is 0 Å². The Kier molecular flexibility index (Phi) is 16.7. The maximum atomic E-state index is 13.8. The Balaban J connectivity index is 0.00000108. The van der Waals surface area contributed by atoms with E-state index in [4.69, 9.17) is 0 Å². The van der Waals surface area contributed by atoms with Crippen LogP contribution in [0.25, 0.3) is 22.4 Å². The molecule has 5 heteroatoms. The van der Waals surface area contributed by atoms with Crippen LogP contribution in [-0.4, -0.2) is 28.7 Å². The van der Waals surface area contributed by atoms with E-state index in [1.54, 1.807) is 31.3 Å². The summed E-state index contributed by atoms with van der Waals surface area (Å²) in [7, 11) is 1.65. The fourth-order valence-electron chi connectivity index (χ4n) is 4.61. The van der Waals surface area contributed by atoms with Crippen LogP contribution < -0.4 is 5.32 Å². The van der Waals surface area contributed by atoms with E-state index in [2.05, 4.69) is 62.5 Å². The SMILES string of the molecule is C=CC.C=CCC.C=CC[C@H](O)CCn1c(-c2ccc(F)cc2)c(-c2ccccc2)c(CCC(=O)NC)c1C(C)C. The Bertz CT molecular complexity index is 1210. The zero-order chi connectivity index (χ0) is 30.8. The van der Waals surface area contributed by atoms with Gasteiger partial charge >= 0.3 is 0 Å². The number of rotatable bonds is 12. The summed E-state index contributed by atoms with van der Waals surface area (Å²) in [4.78, 5) is 12.2. The lowest BCUT2D eigenvalue weighted by atomic mass is 9.92. The van der Waals surface area contributed by atoms with Gasteiger partial charge in [-0.05, 0) is 79.5 Å². The van der Waals surface area contributed by atoms with Gasteiger partial charge in [0.2, 0.25) is 5.91 Å². The lowest BCUT2D eigenvalue weighted by molar-refractivity contribution is -0.120. The number of amides is 1. The molecule has 0 unspecified atom stereocenters. The Morgan fingerprint density at radius 3 is 2.10 bits per heavy atom. The second-order valence-corrected chi connectivity index (χ2v) is 10.0. The van der Waals surface area contributed by atoms with E-state index < -0.39 is 6.10 Å². The molecule has 1 atom stereocenters. The minimum absolute atomic E-state index is 0.00814. The average molecular weight is 561 g/mol. The minimum atomic E-state index is -0.490. The molecule has 0 fully saturated rings. The summed E-state index contributed by atoms with van der Waals surface area (Å²) in [5, 5.41) is 13.2. The van der Waals surface area contributed by atoms with Crippen molar-refractivity contribution in [3.8, 4) is 22.4 Å². The molecular formula is C36H49FN2O2. The third kappa shape index (κ3) is 11.0. The smallest absolute Gasteiger partial charge is 0.220 e. The Morgan fingerprint density at radius 2 is 1.61 bits per heavy atom. The fraction of sp³-hybridized carbons (Fsp3) is 0.361. The van der Waals surface area contributed by atoms with E-state index >= 15 is 0 Å². The summed E-state index contributed by atoms with van der Waals surface area (Å²) in [6, 6.07) is 16.7. The molecule has 0 spiro atoms. The zero-order valence-corrected chi connectivity index (χ0v) is 25.6. The maximum absolute atomic E-state index is 13.8. The number of carbonyl (C=O) groups is 1. The van der Waals surface area contributed by atoms with Gasteiger partial charge in [-0.1, -0.05) is 69.3 Å². The van der Waals surface area contributed by atoms with E-state index in [0.29, 0.717) is 32.2 Å². The molecule has 0 aliphatic carbocycles. The Morgan fingerprint density at radius 1 is 1.02 bits per heavy atom. The summed E-state index contributed by atoms with van der Waals surface area (Å²) < 4.78 is 16.1. The first-order chi connectivity index (χ1) is 19.7. The molecule has 41 heavy (non-hydrogen) atoms. The van der Waals surface area contributed by atoms with Crippen molar-refractivity contribution in [2.24, 2.45) is 0 Å². The number of hydrogen-bond donors (Lipinski definition) is 2.